The molecular formula is C16H15NO3. The van der Waals surface area contributed by atoms with Crippen LogP contribution in [0.3, 0.4) is 0 Å². The van der Waals surface area contributed by atoms with Crippen molar-refractivity contribution in [2.24, 2.45) is 0 Å². The zero-order valence-corrected chi connectivity index (χ0v) is 11.1. The molecule has 4 heteroatoms. The van der Waals surface area contributed by atoms with Crippen LogP contribution in [-0.4, -0.2) is 16.0 Å². The number of carbonyl (C=O) groups is 1. The summed E-state index contributed by atoms with van der Waals surface area (Å²) >= 11 is 0. The van der Waals surface area contributed by atoms with Gasteiger partial charge in [0.2, 0.25) is 0 Å². The predicted octanol–water partition coefficient (Wildman–Crippen LogP) is 3.27. The largest absolute Gasteiger partial charge is 0.512 e. The number of aliphatic hydroxyl groups excluding tert-OH is 1. The van der Waals surface area contributed by atoms with Crippen LogP contribution in [-0.2, 0) is 4.79 Å². The van der Waals surface area contributed by atoms with Crippen LogP contribution in [0.5, 0.6) is 0 Å². The first-order chi connectivity index (χ1) is 9.65. The highest BCUT2D eigenvalue weighted by molar-refractivity contribution is 5.97. The Morgan fingerprint density at radius 3 is 2.70 bits per heavy atom. The molecule has 1 aliphatic carbocycles. The van der Waals surface area contributed by atoms with E-state index in [4.69, 9.17) is 4.52 Å². The number of rotatable bonds is 2. The molecule has 1 N–H and O–H groups in total. The van der Waals surface area contributed by atoms with Crippen LogP contribution in [0, 0.1) is 6.92 Å². The van der Waals surface area contributed by atoms with Crippen molar-refractivity contribution in [3.05, 3.63) is 65.3 Å². The molecule has 1 heterocycles. The van der Waals surface area contributed by atoms with Crippen LogP contribution < -0.4 is 0 Å². The van der Waals surface area contributed by atoms with Crippen molar-refractivity contribution < 1.29 is 14.4 Å². The number of hydrogen-bond acceptors (Lipinski definition) is 4. The highest BCUT2D eigenvalue weighted by atomic mass is 16.5. The normalized spacial score (nSPS) is 22.6. The lowest BCUT2D eigenvalue weighted by Crippen LogP contribution is -2.23. The topological polar surface area (TPSA) is 63.3 Å². The standard InChI is InChI=1S/C16H15NO3/c1-10-7-15(20-17-10)16-13(8-12(18)9-14(16)19)11-5-3-2-4-6-11/h2-7,9,13,16,18H,8H2,1H3/t13-,16+/m0/s1. The fraction of sp³-hybridized carbons (Fsp3) is 0.250. The number of aromatic nitrogens is 1. The first-order valence-corrected chi connectivity index (χ1v) is 6.56. The summed E-state index contributed by atoms with van der Waals surface area (Å²) in [5.74, 6) is -0.00394. The fourth-order valence-electron chi connectivity index (χ4n) is 2.73. The molecule has 0 aliphatic heterocycles. The van der Waals surface area contributed by atoms with E-state index in [-0.39, 0.29) is 17.5 Å². The van der Waals surface area contributed by atoms with Crippen LogP contribution in [0.4, 0.5) is 0 Å². The number of allylic oxidation sites excluding steroid dienone is 2. The minimum atomic E-state index is -0.422. The lowest BCUT2D eigenvalue weighted by Gasteiger charge is -2.27. The first-order valence-electron chi connectivity index (χ1n) is 6.56. The van der Waals surface area contributed by atoms with Crippen LogP contribution in [0.25, 0.3) is 0 Å². The summed E-state index contributed by atoms with van der Waals surface area (Å²) in [5.41, 5.74) is 1.76. The summed E-state index contributed by atoms with van der Waals surface area (Å²) in [4.78, 5) is 12.3. The van der Waals surface area contributed by atoms with Crippen molar-refractivity contribution in [1.29, 1.82) is 0 Å². The smallest absolute Gasteiger partial charge is 0.170 e. The van der Waals surface area contributed by atoms with Gasteiger partial charge in [-0.15, -0.1) is 0 Å². The van der Waals surface area contributed by atoms with Crippen LogP contribution in [0.1, 0.15) is 35.3 Å². The first kappa shape index (κ1) is 12.7. The number of nitrogens with zero attached hydrogens (tertiary/aromatic N) is 1. The molecule has 1 aromatic heterocycles. The summed E-state index contributed by atoms with van der Waals surface area (Å²) in [6.45, 7) is 1.82. The third-order valence-corrected chi connectivity index (χ3v) is 3.63. The molecule has 0 amide bonds. The quantitative estimate of drug-likeness (QED) is 0.908. The molecule has 2 aromatic rings. The van der Waals surface area contributed by atoms with Crippen molar-refractivity contribution in [2.75, 3.05) is 0 Å². The maximum Gasteiger partial charge on any atom is 0.170 e. The van der Waals surface area contributed by atoms with Gasteiger partial charge in [0.1, 0.15) is 5.76 Å². The second-order valence-corrected chi connectivity index (χ2v) is 5.11. The second kappa shape index (κ2) is 4.96. The van der Waals surface area contributed by atoms with Gasteiger partial charge >= 0.3 is 0 Å². The molecule has 0 unspecified atom stereocenters. The molecule has 0 radical (unpaired) electrons. The summed E-state index contributed by atoms with van der Waals surface area (Å²) in [7, 11) is 0. The van der Waals surface area contributed by atoms with E-state index in [1.807, 2.05) is 37.3 Å². The van der Waals surface area contributed by atoms with Gasteiger partial charge in [0, 0.05) is 24.5 Å². The molecule has 102 valence electrons. The van der Waals surface area contributed by atoms with Crippen molar-refractivity contribution in [2.45, 2.75) is 25.2 Å². The van der Waals surface area contributed by atoms with Gasteiger partial charge in [-0.2, -0.15) is 0 Å². The van der Waals surface area contributed by atoms with E-state index < -0.39 is 5.92 Å². The highest BCUT2D eigenvalue weighted by Gasteiger charge is 2.37. The summed E-state index contributed by atoms with van der Waals surface area (Å²) < 4.78 is 5.28. The van der Waals surface area contributed by atoms with Gasteiger partial charge in [-0.25, -0.2) is 0 Å². The van der Waals surface area contributed by atoms with Gasteiger partial charge < -0.3 is 9.63 Å². The zero-order chi connectivity index (χ0) is 14.1. The van der Waals surface area contributed by atoms with Crippen LogP contribution in [0.2, 0.25) is 0 Å². The molecule has 1 aliphatic rings. The number of hydrogen-bond donors (Lipinski definition) is 1. The third kappa shape index (κ3) is 2.25. The fourth-order valence-corrected chi connectivity index (χ4v) is 2.73. The molecular weight excluding hydrogens is 254 g/mol. The van der Waals surface area contributed by atoms with Crippen molar-refractivity contribution in [1.82, 2.24) is 5.16 Å². The Morgan fingerprint density at radius 1 is 1.30 bits per heavy atom. The van der Waals surface area contributed by atoms with E-state index in [1.165, 1.54) is 6.08 Å². The molecule has 20 heavy (non-hydrogen) atoms. The highest BCUT2D eigenvalue weighted by Crippen LogP contribution is 2.41. The van der Waals surface area contributed by atoms with E-state index in [1.54, 1.807) is 6.07 Å². The van der Waals surface area contributed by atoms with Gasteiger partial charge in [0.15, 0.2) is 5.78 Å². The minimum absolute atomic E-state index is 0.122. The van der Waals surface area contributed by atoms with E-state index in [0.717, 1.165) is 11.3 Å². The Hall–Kier alpha value is -2.36. The molecule has 0 bridgehead atoms. The van der Waals surface area contributed by atoms with Gasteiger partial charge in [-0.05, 0) is 12.5 Å². The number of ketones is 1. The summed E-state index contributed by atoms with van der Waals surface area (Å²) in [5, 5.41) is 13.6. The SMILES string of the molecule is Cc1cc([C@H]2C(=O)C=C(O)C[C@H]2c2ccccc2)on1. The Labute approximate surface area is 116 Å². The molecule has 2 atom stereocenters. The van der Waals surface area contributed by atoms with E-state index in [9.17, 15) is 9.90 Å². The monoisotopic (exact) mass is 269 g/mol. The third-order valence-electron chi connectivity index (χ3n) is 3.63. The molecule has 0 saturated heterocycles. The predicted molar refractivity (Wildman–Crippen MR) is 73.5 cm³/mol. The minimum Gasteiger partial charge on any atom is -0.512 e. The molecule has 0 saturated carbocycles. The van der Waals surface area contributed by atoms with Crippen LogP contribution in [0.15, 0.2) is 52.8 Å². The summed E-state index contributed by atoms with van der Waals surface area (Å²) in [6.07, 6.45) is 1.72. The number of carbonyl (C=O) groups excluding carboxylic acids is 1. The van der Waals surface area contributed by atoms with E-state index in [0.29, 0.717) is 12.2 Å². The molecule has 0 fully saturated rings. The van der Waals surface area contributed by atoms with Gasteiger partial charge in [-0.1, -0.05) is 35.5 Å². The average molecular weight is 269 g/mol. The van der Waals surface area contributed by atoms with Crippen molar-refractivity contribution in [3.8, 4) is 0 Å². The van der Waals surface area contributed by atoms with Crippen molar-refractivity contribution in [3.63, 3.8) is 0 Å². The van der Waals surface area contributed by atoms with Gasteiger partial charge in [0.25, 0.3) is 0 Å². The molecule has 1 aromatic carbocycles. The Balaban J connectivity index is 2.05. The maximum atomic E-state index is 12.3. The van der Waals surface area contributed by atoms with Gasteiger partial charge in [0.05, 0.1) is 17.4 Å². The average Bonchev–Trinajstić information content (AvgIpc) is 2.85. The Morgan fingerprint density at radius 2 is 2.05 bits per heavy atom. The summed E-state index contributed by atoms with van der Waals surface area (Å²) in [6, 6.07) is 11.5. The lowest BCUT2D eigenvalue weighted by atomic mass is 9.76. The number of benzene rings is 1. The van der Waals surface area contributed by atoms with E-state index >= 15 is 0 Å². The number of aryl methyl sites for hydroxylation is 1. The molecule has 3 rings (SSSR count). The lowest BCUT2D eigenvalue weighted by molar-refractivity contribution is -0.117. The van der Waals surface area contributed by atoms with Crippen LogP contribution >= 0.6 is 0 Å². The van der Waals surface area contributed by atoms with Crippen molar-refractivity contribution >= 4 is 5.78 Å². The number of aliphatic hydroxyl groups is 1. The molecule has 4 nitrogen and oxygen atoms in total. The second-order valence-electron chi connectivity index (χ2n) is 5.11. The Bertz CT molecular complexity index is 657. The maximum absolute atomic E-state index is 12.3. The van der Waals surface area contributed by atoms with E-state index in [2.05, 4.69) is 5.16 Å². The Kier molecular flexibility index (Phi) is 3.14. The zero-order valence-electron chi connectivity index (χ0n) is 11.1. The van der Waals surface area contributed by atoms with Gasteiger partial charge in [-0.3, -0.25) is 4.79 Å². The molecule has 0 spiro atoms.